The summed E-state index contributed by atoms with van der Waals surface area (Å²) in [5.74, 6) is 0. The third kappa shape index (κ3) is 1.97. The second-order valence-corrected chi connectivity index (χ2v) is 7.83. The zero-order chi connectivity index (χ0) is 17.1. The van der Waals surface area contributed by atoms with E-state index in [1.165, 1.54) is 53.1 Å². The summed E-state index contributed by atoms with van der Waals surface area (Å²) in [6.45, 7) is 0. The maximum atomic E-state index is 3.60. The van der Waals surface area contributed by atoms with Crippen LogP contribution >= 0.6 is 11.3 Å². The Kier molecular flexibility index (Phi) is 2.82. The van der Waals surface area contributed by atoms with Crippen molar-refractivity contribution in [2.45, 2.75) is 0 Å². The number of rotatable bonds is 1. The summed E-state index contributed by atoms with van der Waals surface area (Å²) < 4.78 is 2.69. The summed E-state index contributed by atoms with van der Waals surface area (Å²) in [6.07, 6.45) is 0. The number of thiophene rings is 1. The highest BCUT2D eigenvalue weighted by atomic mass is 32.1. The molecule has 0 bridgehead atoms. The van der Waals surface area contributed by atoms with Gasteiger partial charge >= 0.3 is 0 Å². The molecule has 0 aliphatic rings. The van der Waals surface area contributed by atoms with Crippen molar-refractivity contribution in [3.8, 4) is 11.1 Å². The molecule has 2 heterocycles. The van der Waals surface area contributed by atoms with Gasteiger partial charge in [-0.2, -0.15) is 0 Å². The number of hydrogen-bond donors (Lipinski definition) is 1. The Morgan fingerprint density at radius 3 is 2.23 bits per heavy atom. The Hall–Kier alpha value is -3.10. The third-order valence-electron chi connectivity index (χ3n) is 5.20. The van der Waals surface area contributed by atoms with Gasteiger partial charge in [0.15, 0.2) is 0 Å². The van der Waals surface area contributed by atoms with Crippen molar-refractivity contribution in [1.82, 2.24) is 4.98 Å². The highest BCUT2D eigenvalue weighted by molar-refractivity contribution is 7.25. The van der Waals surface area contributed by atoms with E-state index in [0.717, 1.165) is 0 Å². The second-order valence-electron chi connectivity index (χ2n) is 6.74. The van der Waals surface area contributed by atoms with Gasteiger partial charge in [-0.1, -0.05) is 54.6 Å². The van der Waals surface area contributed by atoms with Crippen LogP contribution in [0.1, 0.15) is 0 Å². The maximum absolute atomic E-state index is 3.60. The third-order valence-corrected chi connectivity index (χ3v) is 6.34. The number of hydrogen-bond acceptors (Lipinski definition) is 1. The van der Waals surface area contributed by atoms with Crippen LogP contribution in [0.15, 0.2) is 84.9 Å². The Labute approximate surface area is 154 Å². The highest BCUT2D eigenvalue weighted by Crippen LogP contribution is 2.38. The molecule has 0 unspecified atom stereocenters. The topological polar surface area (TPSA) is 15.8 Å². The molecule has 0 aliphatic carbocycles. The largest absolute Gasteiger partial charge is 0.354 e. The monoisotopic (exact) mass is 349 g/mol. The number of nitrogens with one attached hydrogen (secondary N) is 1. The van der Waals surface area contributed by atoms with Crippen LogP contribution < -0.4 is 0 Å². The molecule has 4 aromatic carbocycles. The predicted octanol–water partition coefficient (Wildman–Crippen LogP) is 7.36. The molecule has 0 atom stereocenters. The van der Waals surface area contributed by atoms with Gasteiger partial charge in [0, 0.05) is 42.0 Å². The van der Waals surface area contributed by atoms with E-state index in [9.17, 15) is 0 Å². The number of aromatic nitrogens is 1. The van der Waals surface area contributed by atoms with Crippen LogP contribution in [0.25, 0.3) is 53.1 Å². The van der Waals surface area contributed by atoms with Crippen LogP contribution in [0, 0.1) is 0 Å². The quantitative estimate of drug-likeness (QED) is 0.319. The molecular weight excluding hydrogens is 334 g/mol. The minimum absolute atomic E-state index is 1.20. The van der Waals surface area contributed by atoms with Crippen LogP contribution in [0.5, 0.6) is 0 Å². The number of fused-ring (bicyclic) bond motifs is 6. The molecule has 122 valence electrons. The van der Waals surface area contributed by atoms with Crippen molar-refractivity contribution in [2.24, 2.45) is 0 Å². The van der Waals surface area contributed by atoms with E-state index in [1.54, 1.807) is 0 Å². The van der Waals surface area contributed by atoms with Crippen LogP contribution in [-0.2, 0) is 0 Å². The van der Waals surface area contributed by atoms with Gasteiger partial charge in [-0.15, -0.1) is 11.3 Å². The van der Waals surface area contributed by atoms with Crippen molar-refractivity contribution in [3.63, 3.8) is 0 Å². The molecule has 0 aliphatic heterocycles. The van der Waals surface area contributed by atoms with Crippen molar-refractivity contribution in [3.05, 3.63) is 84.9 Å². The molecule has 0 saturated carbocycles. The molecule has 2 heteroatoms. The molecule has 2 aromatic heterocycles. The lowest BCUT2D eigenvalue weighted by Gasteiger charge is -2.02. The van der Waals surface area contributed by atoms with Crippen LogP contribution in [-0.4, -0.2) is 4.98 Å². The molecule has 6 aromatic rings. The van der Waals surface area contributed by atoms with Crippen molar-refractivity contribution in [1.29, 1.82) is 0 Å². The van der Waals surface area contributed by atoms with Gasteiger partial charge in [-0.05, 0) is 41.5 Å². The smallest absolute Gasteiger partial charge is 0.0479 e. The minimum Gasteiger partial charge on any atom is -0.354 e. The normalized spacial score (nSPS) is 11.8. The number of H-pyrrole nitrogens is 1. The first kappa shape index (κ1) is 14.1. The summed E-state index contributed by atoms with van der Waals surface area (Å²) in [4.78, 5) is 3.60. The molecular formula is C24H15NS. The van der Waals surface area contributed by atoms with E-state index >= 15 is 0 Å². The molecule has 6 rings (SSSR count). The Morgan fingerprint density at radius 1 is 0.500 bits per heavy atom. The predicted molar refractivity (Wildman–Crippen MR) is 114 cm³/mol. The van der Waals surface area contributed by atoms with Crippen molar-refractivity contribution in [2.75, 3.05) is 0 Å². The number of benzene rings is 4. The van der Waals surface area contributed by atoms with E-state index in [4.69, 9.17) is 0 Å². The minimum atomic E-state index is 1.20. The highest BCUT2D eigenvalue weighted by Gasteiger charge is 2.11. The van der Waals surface area contributed by atoms with Gasteiger partial charge in [0.05, 0.1) is 0 Å². The maximum Gasteiger partial charge on any atom is 0.0479 e. The lowest BCUT2D eigenvalue weighted by Crippen LogP contribution is -1.76. The Balaban J connectivity index is 1.70. The molecule has 0 amide bonds. The molecule has 0 saturated heterocycles. The summed E-state index contributed by atoms with van der Waals surface area (Å²) in [5, 5.41) is 5.29. The molecule has 1 N–H and O–H groups in total. The molecule has 1 nitrogen and oxygen atoms in total. The van der Waals surface area contributed by atoms with Gasteiger partial charge in [0.1, 0.15) is 0 Å². The SMILES string of the molecule is c1ccc(-c2ccc3[nH]c4cc5sc6ccccc6c5cc4c3c2)cc1. The van der Waals surface area contributed by atoms with Gasteiger partial charge < -0.3 is 4.98 Å². The lowest BCUT2D eigenvalue weighted by atomic mass is 10.0. The van der Waals surface area contributed by atoms with E-state index < -0.39 is 0 Å². The zero-order valence-electron chi connectivity index (χ0n) is 14.0. The average Bonchev–Trinajstić information content (AvgIpc) is 3.23. The Morgan fingerprint density at radius 2 is 1.31 bits per heavy atom. The van der Waals surface area contributed by atoms with E-state index in [1.807, 2.05) is 11.3 Å². The molecule has 26 heavy (non-hydrogen) atoms. The zero-order valence-corrected chi connectivity index (χ0v) is 14.8. The first-order chi connectivity index (χ1) is 12.9. The first-order valence-electron chi connectivity index (χ1n) is 8.79. The lowest BCUT2D eigenvalue weighted by molar-refractivity contribution is 1.55. The van der Waals surface area contributed by atoms with Crippen LogP contribution in [0.4, 0.5) is 0 Å². The van der Waals surface area contributed by atoms with E-state index in [2.05, 4.69) is 89.9 Å². The fourth-order valence-electron chi connectivity index (χ4n) is 3.93. The van der Waals surface area contributed by atoms with Crippen LogP contribution in [0.2, 0.25) is 0 Å². The van der Waals surface area contributed by atoms with Crippen LogP contribution in [0.3, 0.4) is 0 Å². The molecule has 0 radical (unpaired) electrons. The molecule has 0 spiro atoms. The first-order valence-corrected chi connectivity index (χ1v) is 9.61. The summed E-state index contributed by atoms with van der Waals surface area (Å²) in [7, 11) is 0. The summed E-state index contributed by atoms with van der Waals surface area (Å²) >= 11 is 1.87. The van der Waals surface area contributed by atoms with Gasteiger partial charge in [0.2, 0.25) is 0 Å². The van der Waals surface area contributed by atoms with E-state index in [0.29, 0.717) is 0 Å². The molecule has 0 fully saturated rings. The second kappa shape index (κ2) is 5.20. The average molecular weight is 349 g/mol. The fraction of sp³-hybridized carbons (Fsp3) is 0. The van der Waals surface area contributed by atoms with E-state index in [-0.39, 0.29) is 0 Å². The fourth-order valence-corrected chi connectivity index (χ4v) is 5.06. The van der Waals surface area contributed by atoms with Crippen molar-refractivity contribution < 1.29 is 0 Å². The van der Waals surface area contributed by atoms with Crippen molar-refractivity contribution >= 4 is 53.3 Å². The summed E-state index contributed by atoms with van der Waals surface area (Å²) in [5.41, 5.74) is 4.92. The number of aromatic amines is 1. The van der Waals surface area contributed by atoms with Gasteiger partial charge in [-0.3, -0.25) is 0 Å². The Bertz CT molecular complexity index is 1420. The standard InChI is InChI=1S/C24H15NS/c1-2-6-15(7-3-1)16-10-11-21-18(12-16)19-13-20-17-8-4-5-9-23(17)26-24(20)14-22(19)25-21/h1-14,25H. The summed E-state index contributed by atoms with van der Waals surface area (Å²) in [6, 6.07) is 30.6. The van der Waals surface area contributed by atoms with Gasteiger partial charge in [0.25, 0.3) is 0 Å². The van der Waals surface area contributed by atoms with Gasteiger partial charge in [-0.25, -0.2) is 0 Å².